The third kappa shape index (κ3) is 5.23. The Morgan fingerprint density at radius 1 is 1.06 bits per heavy atom. The number of benzene rings is 3. The molecule has 1 saturated heterocycles. The van der Waals surface area contributed by atoms with Gasteiger partial charge in [0, 0.05) is 0 Å². The lowest BCUT2D eigenvalue weighted by molar-refractivity contribution is -0.138. The van der Waals surface area contributed by atoms with E-state index in [0.29, 0.717) is 16.9 Å². The summed E-state index contributed by atoms with van der Waals surface area (Å²) in [5.74, 6) is -0.981. The van der Waals surface area contributed by atoms with Crippen molar-refractivity contribution in [1.29, 1.82) is 0 Å². The topological polar surface area (TPSA) is 110 Å². The number of nitrogens with zero attached hydrogens (tertiary/aromatic N) is 1. The second-order valence-electron chi connectivity index (χ2n) is 7.99. The zero-order valence-electron chi connectivity index (χ0n) is 18.0. The normalized spacial score (nSPS) is 16.1. The number of carboxylic acid groups (broad SMARTS) is 1. The number of para-hydroxylation sites is 1. The molecule has 3 aromatic rings. The Labute approximate surface area is 203 Å². The van der Waals surface area contributed by atoms with E-state index >= 15 is 0 Å². The molecule has 0 unspecified atom stereocenters. The molecule has 1 atom stereocenters. The lowest BCUT2D eigenvalue weighted by atomic mass is 9.87. The standard InChI is InChI=1S/C24H23FN2O5S.ClH/c25-19-11-9-18(10-12-19)24(32-20-6-2-1-3-7-20)15-27(16-24)33(30,31)21-8-4-5-17(13-21)14-22(26)23(28)29;/h1-13,22H,14-16,26H2,(H,28,29);1H/t22-;/m0./s1. The molecule has 3 N–H and O–H groups in total. The van der Waals surface area contributed by atoms with Gasteiger partial charge in [0.15, 0.2) is 5.60 Å². The van der Waals surface area contributed by atoms with Crippen LogP contribution in [0, 0.1) is 5.82 Å². The Hall–Kier alpha value is -2.98. The van der Waals surface area contributed by atoms with E-state index < -0.39 is 33.5 Å². The summed E-state index contributed by atoms with van der Waals surface area (Å²) in [6, 6.07) is 19.8. The van der Waals surface area contributed by atoms with Gasteiger partial charge in [-0.15, -0.1) is 12.4 Å². The SMILES string of the molecule is Cl.N[C@@H](Cc1cccc(S(=O)(=O)N2CC(Oc3ccccc3)(c3ccc(F)cc3)C2)c1)C(=O)O. The Kier molecular flexibility index (Phi) is 7.62. The molecule has 1 aliphatic heterocycles. The molecule has 7 nitrogen and oxygen atoms in total. The van der Waals surface area contributed by atoms with Gasteiger partial charge < -0.3 is 15.6 Å². The maximum atomic E-state index is 13.5. The molecule has 0 radical (unpaired) electrons. The third-order valence-corrected chi connectivity index (χ3v) is 7.39. The second-order valence-corrected chi connectivity index (χ2v) is 9.92. The van der Waals surface area contributed by atoms with Gasteiger partial charge in [-0.1, -0.05) is 42.5 Å². The first-order valence-electron chi connectivity index (χ1n) is 10.3. The smallest absolute Gasteiger partial charge is 0.320 e. The molecule has 34 heavy (non-hydrogen) atoms. The van der Waals surface area contributed by atoms with Crippen LogP contribution in [0.15, 0.2) is 83.8 Å². The zero-order chi connectivity index (χ0) is 23.6. The van der Waals surface area contributed by atoms with Crippen LogP contribution in [0.25, 0.3) is 0 Å². The molecular weight excluding hydrogens is 483 g/mol. The number of hydrogen-bond acceptors (Lipinski definition) is 5. The Bertz CT molecular complexity index is 1250. The number of sulfonamides is 1. The minimum atomic E-state index is -3.87. The highest BCUT2D eigenvalue weighted by atomic mass is 35.5. The lowest BCUT2D eigenvalue weighted by Crippen LogP contribution is -2.64. The number of aliphatic carboxylic acids is 1. The van der Waals surface area contributed by atoms with E-state index in [1.807, 2.05) is 18.2 Å². The van der Waals surface area contributed by atoms with Gasteiger partial charge >= 0.3 is 5.97 Å². The number of nitrogens with two attached hydrogens (primary N) is 1. The fraction of sp³-hybridized carbons (Fsp3) is 0.208. The summed E-state index contributed by atoms with van der Waals surface area (Å²) >= 11 is 0. The minimum absolute atomic E-state index is 0. The van der Waals surface area contributed by atoms with Crippen LogP contribution in [0.2, 0.25) is 0 Å². The van der Waals surface area contributed by atoms with E-state index in [-0.39, 0.29) is 36.8 Å². The molecular formula is C24H24ClFN2O5S. The van der Waals surface area contributed by atoms with Crippen LogP contribution in [-0.4, -0.2) is 42.9 Å². The van der Waals surface area contributed by atoms with Gasteiger partial charge in [-0.3, -0.25) is 4.79 Å². The molecule has 0 aromatic heterocycles. The predicted octanol–water partition coefficient (Wildman–Crippen LogP) is 3.18. The molecule has 10 heteroatoms. The first-order chi connectivity index (χ1) is 15.7. The summed E-state index contributed by atoms with van der Waals surface area (Å²) in [5.41, 5.74) is 5.80. The number of rotatable bonds is 8. The zero-order valence-corrected chi connectivity index (χ0v) is 19.6. The molecule has 0 saturated carbocycles. The largest absolute Gasteiger partial charge is 0.480 e. The maximum Gasteiger partial charge on any atom is 0.320 e. The van der Waals surface area contributed by atoms with Crippen molar-refractivity contribution in [2.45, 2.75) is 23.0 Å². The molecule has 1 fully saturated rings. The van der Waals surface area contributed by atoms with Crippen molar-refractivity contribution in [3.8, 4) is 5.75 Å². The Morgan fingerprint density at radius 3 is 2.32 bits per heavy atom. The number of carbonyl (C=O) groups is 1. The van der Waals surface area contributed by atoms with E-state index in [2.05, 4.69) is 0 Å². The van der Waals surface area contributed by atoms with Crippen molar-refractivity contribution in [1.82, 2.24) is 4.31 Å². The highest BCUT2D eigenvalue weighted by Gasteiger charge is 2.52. The summed E-state index contributed by atoms with van der Waals surface area (Å²) in [6.07, 6.45) is 0.00925. The molecule has 1 aliphatic rings. The van der Waals surface area contributed by atoms with Crippen LogP contribution >= 0.6 is 12.4 Å². The first-order valence-corrected chi connectivity index (χ1v) is 11.7. The van der Waals surface area contributed by atoms with Gasteiger partial charge in [-0.05, 0) is 53.9 Å². The first kappa shape index (κ1) is 25.6. The lowest BCUT2D eigenvalue weighted by Gasteiger charge is -2.48. The van der Waals surface area contributed by atoms with Gasteiger partial charge in [-0.25, -0.2) is 12.8 Å². The van der Waals surface area contributed by atoms with Crippen LogP contribution < -0.4 is 10.5 Å². The molecule has 0 bridgehead atoms. The monoisotopic (exact) mass is 506 g/mol. The van der Waals surface area contributed by atoms with Crippen molar-refractivity contribution in [2.24, 2.45) is 5.73 Å². The van der Waals surface area contributed by atoms with E-state index in [4.69, 9.17) is 15.6 Å². The summed E-state index contributed by atoms with van der Waals surface area (Å²) in [6.45, 7) is 0.0729. The predicted molar refractivity (Wildman–Crippen MR) is 127 cm³/mol. The van der Waals surface area contributed by atoms with E-state index in [0.717, 1.165) is 0 Å². The van der Waals surface area contributed by atoms with Crippen molar-refractivity contribution >= 4 is 28.4 Å². The molecule has 4 rings (SSSR count). The number of hydrogen-bond donors (Lipinski definition) is 2. The highest BCUT2D eigenvalue weighted by Crippen LogP contribution is 2.40. The summed E-state index contributed by atoms with van der Waals surface area (Å²) < 4.78 is 47.6. The second kappa shape index (κ2) is 10.1. The number of carboxylic acids is 1. The quantitative estimate of drug-likeness (QED) is 0.485. The Morgan fingerprint density at radius 2 is 1.71 bits per heavy atom. The summed E-state index contributed by atoms with van der Waals surface area (Å²) in [5, 5.41) is 9.02. The fourth-order valence-electron chi connectivity index (χ4n) is 3.79. The van der Waals surface area contributed by atoms with Gasteiger partial charge in [0.1, 0.15) is 17.6 Å². The third-order valence-electron chi connectivity index (χ3n) is 5.60. The van der Waals surface area contributed by atoms with Crippen molar-refractivity contribution < 1.29 is 27.4 Å². The van der Waals surface area contributed by atoms with Crippen LogP contribution in [0.5, 0.6) is 5.75 Å². The van der Waals surface area contributed by atoms with Crippen LogP contribution in [0.1, 0.15) is 11.1 Å². The van der Waals surface area contributed by atoms with Crippen molar-refractivity contribution in [2.75, 3.05) is 13.1 Å². The average molecular weight is 507 g/mol. The summed E-state index contributed by atoms with van der Waals surface area (Å²) in [4.78, 5) is 11.1. The molecule has 180 valence electrons. The molecule has 3 aromatic carbocycles. The molecule has 0 amide bonds. The van der Waals surface area contributed by atoms with Crippen molar-refractivity contribution in [3.63, 3.8) is 0 Å². The van der Waals surface area contributed by atoms with Gasteiger partial charge in [0.25, 0.3) is 0 Å². The fourth-order valence-corrected chi connectivity index (χ4v) is 5.40. The number of ether oxygens (including phenoxy) is 1. The highest BCUT2D eigenvalue weighted by molar-refractivity contribution is 7.89. The van der Waals surface area contributed by atoms with Crippen molar-refractivity contribution in [3.05, 3.63) is 95.8 Å². The van der Waals surface area contributed by atoms with Crippen LogP contribution in [0.3, 0.4) is 0 Å². The molecule has 1 heterocycles. The van der Waals surface area contributed by atoms with Gasteiger partial charge in [0.2, 0.25) is 10.0 Å². The molecule has 0 aliphatic carbocycles. The van der Waals surface area contributed by atoms with Gasteiger partial charge in [-0.2, -0.15) is 4.31 Å². The van der Waals surface area contributed by atoms with E-state index in [9.17, 15) is 17.6 Å². The Balaban J connectivity index is 0.00000324. The molecule has 0 spiro atoms. The van der Waals surface area contributed by atoms with E-state index in [1.165, 1.54) is 28.6 Å². The van der Waals surface area contributed by atoms with E-state index in [1.54, 1.807) is 36.4 Å². The van der Waals surface area contributed by atoms with Gasteiger partial charge in [0.05, 0.1) is 18.0 Å². The van der Waals surface area contributed by atoms with Crippen LogP contribution in [-0.2, 0) is 26.8 Å². The number of halogens is 2. The maximum absolute atomic E-state index is 13.5. The average Bonchev–Trinajstić information content (AvgIpc) is 2.77. The van der Waals surface area contributed by atoms with Crippen LogP contribution in [0.4, 0.5) is 4.39 Å². The summed E-state index contributed by atoms with van der Waals surface area (Å²) in [7, 11) is -3.87. The minimum Gasteiger partial charge on any atom is -0.480 e.